The first-order chi connectivity index (χ1) is 7.10. The van der Waals surface area contributed by atoms with Crippen LogP contribution in [-0.2, 0) is 4.74 Å². The van der Waals surface area contributed by atoms with Crippen molar-refractivity contribution in [3.8, 4) is 5.75 Å². The maximum atomic E-state index is 13.4. The van der Waals surface area contributed by atoms with E-state index in [1.54, 1.807) is 19.9 Å². The van der Waals surface area contributed by atoms with Crippen molar-refractivity contribution in [2.45, 2.75) is 13.8 Å². The Morgan fingerprint density at radius 3 is 2.67 bits per heavy atom. The molecule has 0 aromatic heterocycles. The average Bonchev–Trinajstić information content (AvgIpc) is 2.17. The number of halogens is 1. The van der Waals surface area contributed by atoms with Crippen LogP contribution in [0.25, 0.3) is 0 Å². The summed E-state index contributed by atoms with van der Waals surface area (Å²) < 4.78 is 23.0. The van der Waals surface area contributed by atoms with E-state index in [-0.39, 0.29) is 17.9 Å². The Kier molecular flexibility index (Phi) is 3.66. The third kappa shape index (κ3) is 2.46. The van der Waals surface area contributed by atoms with Crippen LogP contribution in [0.3, 0.4) is 0 Å². The molecule has 0 N–H and O–H groups in total. The Morgan fingerprint density at radius 2 is 2.13 bits per heavy atom. The van der Waals surface area contributed by atoms with Gasteiger partial charge in [0.25, 0.3) is 0 Å². The molecule has 0 aliphatic heterocycles. The van der Waals surface area contributed by atoms with Gasteiger partial charge >= 0.3 is 5.97 Å². The van der Waals surface area contributed by atoms with Gasteiger partial charge in [-0.3, -0.25) is 0 Å². The Labute approximate surface area is 87.8 Å². The molecule has 82 valence electrons. The molecule has 0 fully saturated rings. The third-order valence-electron chi connectivity index (χ3n) is 1.89. The fourth-order valence-electron chi connectivity index (χ4n) is 1.30. The molecule has 0 saturated carbocycles. The minimum absolute atomic E-state index is 0.0703. The van der Waals surface area contributed by atoms with E-state index in [9.17, 15) is 9.18 Å². The van der Waals surface area contributed by atoms with Crippen molar-refractivity contribution in [1.29, 1.82) is 0 Å². The Morgan fingerprint density at radius 1 is 1.47 bits per heavy atom. The van der Waals surface area contributed by atoms with E-state index in [2.05, 4.69) is 0 Å². The summed E-state index contributed by atoms with van der Waals surface area (Å²) in [5, 5.41) is 0. The van der Waals surface area contributed by atoms with E-state index >= 15 is 0 Å². The van der Waals surface area contributed by atoms with Gasteiger partial charge in [0, 0.05) is 0 Å². The maximum Gasteiger partial charge on any atom is 0.342 e. The maximum absolute atomic E-state index is 13.4. The predicted octanol–water partition coefficient (Wildman–Crippen LogP) is 2.32. The summed E-state index contributed by atoms with van der Waals surface area (Å²) in [6, 6.07) is 2.85. The average molecular weight is 212 g/mol. The minimum atomic E-state index is -0.572. The summed E-state index contributed by atoms with van der Waals surface area (Å²) in [6.07, 6.45) is 0. The number of hydrogen-bond acceptors (Lipinski definition) is 3. The molecule has 1 aromatic rings. The number of carbonyl (C=O) groups excluding carboxylic acids is 1. The van der Waals surface area contributed by atoms with Crippen molar-refractivity contribution in [2.24, 2.45) is 0 Å². The molecule has 0 aliphatic rings. The summed E-state index contributed by atoms with van der Waals surface area (Å²) in [6.45, 7) is 3.64. The lowest BCUT2D eigenvalue weighted by atomic mass is 10.1. The number of carbonyl (C=O) groups is 1. The van der Waals surface area contributed by atoms with Crippen LogP contribution < -0.4 is 4.74 Å². The first-order valence-corrected chi connectivity index (χ1v) is 4.61. The van der Waals surface area contributed by atoms with Gasteiger partial charge in [0.15, 0.2) is 11.6 Å². The fraction of sp³-hybridized carbons (Fsp3) is 0.364. The molecule has 0 spiro atoms. The highest BCUT2D eigenvalue weighted by atomic mass is 19.1. The zero-order valence-electron chi connectivity index (χ0n) is 8.96. The van der Waals surface area contributed by atoms with Crippen LogP contribution in [0.4, 0.5) is 4.39 Å². The number of hydrogen-bond donors (Lipinski definition) is 0. The lowest BCUT2D eigenvalue weighted by Crippen LogP contribution is -2.08. The Balaban J connectivity index is 3.20. The second-order valence-corrected chi connectivity index (χ2v) is 3.05. The zero-order valence-corrected chi connectivity index (χ0v) is 8.96. The first kappa shape index (κ1) is 11.5. The molecule has 3 nitrogen and oxygen atoms in total. The van der Waals surface area contributed by atoms with Gasteiger partial charge in [-0.15, -0.1) is 0 Å². The van der Waals surface area contributed by atoms with E-state index < -0.39 is 11.8 Å². The highest BCUT2D eigenvalue weighted by Gasteiger charge is 2.17. The third-order valence-corrected chi connectivity index (χ3v) is 1.89. The summed E-state index contributed by atoms with van der Waals surface area (Å²) in [5.74, 6) is -1.20. The molecular weight excluding hydrogens is 199 g/mol. The number of aryl methyl sites for hydroxylation is 1. The van der Waals surface area contributed by atoms with Crippen LogP contribution in [0.1, 0.15) is 22.8 Å². The summed E-state index contributed by atoms with van der Waals surface area (Å²) in [7, 11) is 1.32. The molecule has 0 bridgehead atoms. The number of benzene rings is 1. The Hall–Kier alpha value is -1.58. The smallest absolute Gasteiger partial charge is 0.342 e. The number of methoxy groups -OCH3 is 1. The Bertz CT molecular complexity index is 374. The van der Waals surface area contributed by atoms with Crippen LogP contribution in [0.5, 0.6) is 5.75 Å². The number of rotatable bonds is 3. The molecule has 0 heterocycles. The predicted molar refractivity (Wildman–Crippen MR) is 53.6 cm³/mol. The van der Waals surface area contributed by atoms with Crippen LogP contribution in [0.2, 0.25) is 0 Å². The molecule has 4 heteroatoms. The molecule has 1 rings (SSSR count). The van der Waals surface area contributed by atoms with Gasteiger partial charge in [-0.25, -0.2) is 9.18 Å². The molecule has 0 aliphatic carbocycles. The van der Waals surface area contributed by atoms with Crippen molar-refractivity contribution < 1.29 is 18.7 Å². The van der Waals surface area contributed by atoms with E-state index in [4.69, 9.17) is 9.47 Å². The van der Waals surface area contributed by atoms with E-state index in [1.165, 1.54) is 13.2 Å². The monoisotopic (exact) mass is 212 g/mol. The summed E-state index contributed by atoms with van der Waals surface area (Å²) in [4.78, 5) is 11.5. The van der Waals surface area contributed by atoms with Gasteiger partial charge < -0.3 is 9.47 Å². The molecule has 0 unspecified atom stereocenters. The second-order valence-electron chi connectivity index (χ2n) is 3.05. The largest absolute Gasteiger partial charge is 0.493 e. The zero-order chi connectivity index (χ0) is 11.4. The second kappa shape index (κ2) is 4.77. The van der Waals surface area contributed by atoms with E-state index in [0.717, 1.165) is 0 Å². The van der Waals surface area contributed by atoms with Crippen molar-refractivity contribution in [3.63, 3.8) is 0 Å². The van der Waals surface area contributed by atoms with Gasteiger partial charge in [0.1, 0.15) is 5.56 Å². The quantitative estimate of drug-likeness (QED) is 0.721. The number of esters is 1. The minimum Gasteiger partial charge on any atom is -0.493 e. The topological polar surface area (TPSA) is 35.5 Å². The van der Waals surface area contributed by atoms with Gasteiger partial charge in [0.05, 0.1) is 13.7 Å². The van der Waals surface area contributed by atoms with E-state index in [0.29, 0.717) is 5.56 Å². The van der Waals surface area contributed by atoms with Gasteiger partial charge in [-0.05, 0) is 31.5 Å². The standard InChI is InChI=1S/C11H13FO3/c1-4-15-11(13)8-5-7(2)6-9(12)10(8)14-3/h5-6H,4H2,1-3H3. The molecule has 0 atom stereocenters. The highest BCUT2D eigenvalue weighted by molar-refractivity contribution is 5.92. The normalized spacial score (nSPS) is 9.87. The summed E-state index contributed by atoms with van der Waals surface area (Å²) in [5.41, 5.74) is 0.771. The van der Waals surface area contributed by atoms with Gasteiger partial charge in [0.2, 0.25) is 0 Å². The van der Waals surface area contributed by atoms with Crippen molar-refractivity contribution >= 4 is 5.97 Å². The fourth-order valence-corrected chi connectivity index (χ4v) is 1.30. The molecule has 0 saturated heterocycles. The van der Waals surface area contributed by atoms with Gasteiger partial charge in [-0.2, -0.15) is 0 Å². The molecule has 0 amide bonds. The lowest BCUT2D eigenvalue weighted by Gasteiger charge is -2.09. The van der Waals surface area contributed by atoms with E-state index in [1.807, 2.05) is 0 Å². The molecular formula is C11H13FO3. The van der Waals surface area contributed by atoms with Crippen LogP contribution in [-0.4, -0.2) is 19.7 Å². The van der Waals surface area contributed by atoms with Crippen molar-refractivity contribution in [3.05, 3.63) is 29.1 Å². The lowest BCUT2D eigenvalue weighted by molar-refractivity contribution is 0.0521. The van der Waals surface area contributed by atoms with Gasteiger partial charge in [-0.1, -0.05) is 0 Å². The summed E-state index contributed by atoms with van der Waals surface area (Å²) >= 11 is 0. The first-order valence-electron chi connectivity index (χ1n) is 4.61. The molecule has 0 radical (unpaired) electrons. The van der Waals surface area contributed by atoms with Crippen molar-refractivity contribution in [1.82, 2.24) is 0 Å². The van der Waals surface area contributed by atoms with Crippen LogP contribution in [0, 0.1) is 12.7 Å². The van der Waals surface area contributed by atoms with Crippen molar-refractivity contribution in [2.75, 3.05) is 13.7 Å². The molecule has 1 aromatic carbocycles. The van der Waals surface area contributed by atoms with Crippen LogP contribution in [0.15, 0.2) is 12.1 Å². The van der Waals surface area contributed by atoms with Crippen LogP contribution >= 0.6 is 0 Å². The SMILES string of the molecule is CCOC(=O)c1cc(C)cc(F)c1OC. The number of ether oxygens (including phenoxy) is 2. The molecule has 15 heavy (non-hydrogen) atoms. The highest BCUT2D eigenvalue weighted by Crippen LogP contribution is 2.24.